The Kier molecular flexibility index (Phi) is 4.12. The zero-order chi connectivity index (χ0) is 20.9. The molecule has 1 saturated carbocycles. The van der Waals surface area contributed by atoms with Crippen molar-refractivity contribution in [1.29, 1.82) is 0 Å². The second kappa shape index (κ2) is 6.61. The topological polar surface area (TPSA) is 65.0 Å². The molecule has 1 heterocycles. The molecule has 2 aliphatic rings. The molecule has 0 bridgehead atoms. The Morgan fingerprint density at radius 2 is 1.63 bits per heavy atom. The molecule has 30 heavy (non-hydrogen) atoms. The van der Waals surface area contributed by atoms with Gasteiger partial charge < -0.3 is 19.3 Å². The van der Waals surface area contributed by atoms with Crippen molar-refractivity contribution >= 4 is 5.78 Å². The van der Waals surface area contributed by atoms with Gasteiger partial charge in [0.15, 0.2) is 17.0 Å². The smallest absolute Gasteiger partial charge is 0.200 e. The first-order chi connectivity index (χ1) is 14.6. The van der Waals surface area contributed by atoms with Gasteiger partial charge in [0.2, 0.25) is 0 Å². The van der Waals surface area contributed by atoms with E-state index in [1.165, 1.54) is 7.11 Å². The molecular formula is C25H22O5. The van der Waals surface area contributed by atoms with Crippen LogP contribution in [-0.2, 0) is 16.0 Å². The van der Waals surface area contributed by atoms with E-state index >= 15 is 0 Å². The molecule has 3 atom stereocenters. The highest BCUT2D eigenvalue weighted by Gasteiger charge is 2.74. The molecule has 5 heteroatoms. The zero-order valence-electron chi connectivity index (χ0n) is 16.8. The molecule has 0 spiro atoms. The minimum absolute atomic E-state index is 0.157. The van der Waals surface area contributed by atoms with Crippen molar-refractivity contribution in [2.75, 3.05) is 14.2 Å². The van der Waals surface area contributed by atoms with Crippen LogP contribution in [-0.4, -0.2) is 25.1 Å². The number of carbonyl (C=O) groups is 1. The molecule has 5 rings (SSSR count). The van der Waals surface area contributed by atoms with Crippen LogP contribution in [0.15, 0.2) is 72.8 Å². The number of aliphatic hydroxyl groups is 1. The molecule has 1 aliphatic heterocycles. The van der Waals surface area contributed by atoms with Gasteiger partial charge in [0.05, 0.1) is 19.8 Å². The van der Waals surface area contributed by atoms with Gasteiger partial charge in [-0.05, 0) is 11.1 Å². The summed E-state index contributed by atoms with van der Waals surface area (Å²) in [4.78, 5) is 13.5. The Labute approximate surface area is 174 Å². The molecule has 152 valence electrons. The van der Waals surface area contributed by atoms with Gasteiger partial charge in [0, 0.05) is 24.5 Å². The molecule has 0 saturated heterocycles. The van der Waals surface area contributed by atoms with Crippen molar-refractivity contribution in [3.8, 4) is 17.2 Å². The average molecular weight is 402 g/mol. The Morgan fingerprint density at radius 3 is 2.27 bits per heavy atom. The second-order valence-electron chi connectivity index (χ2n) is 7.71. The third-order valence-electron chi connectivity index (χ3n) is 6.35. The third kappa shape index (κ3) is 2.24. The number of fused-ring (bicyclic) bond motifs is 3. The summed E-state index contributed by atoms with van der Waals surface area (Å²) in [6.07, 6.45) is 0.157. The van der Waals surface area contributed by atoms with Crippen LogP contribution in [0.3, 0.4) is 0 Å². The number of hydrogen-bond acceptors (Lipinski definition) is 5. The summed E-state index contributed by atoms with van der Waals surface area (Å²) in [7, 11) is 3.06. The van der Waals surface area contributed by atoms with Crippen molar-refractivity contribution < 1.29 is 24.1 Å². The maximum Gasteiger partial charge on any atom is 0.200 e. The van der Waals surface area contributed by atoms with Crippen molar-refractivity contribution in [3.05, 3.63) is 89.5 Å². The summed E-state index contributed by atoms with van der Waals surface area (Å²) in [5.74, 6) is 0.628. The molecule has 0 unspecified atom stereocenters. The second-order valence-corrected chi connectivity index (χ2v) is 7.71. The Morgan fingerprint density at radius 1 is 0.967 bits per heavy atom. The first-order valence-corrected chi connectivity index (χ1v) is 9.88. The lowest BCUT2D eigenvalue weighted by Gasteiger charge is -2.39. The van der Waals surface area contributed by atoms with E-state index in [4.69, 9.17) is 14.2 Å². The largest absolute Gasteiger partial charge is 0.496 e. The summed E-state index contributed by atoms with van der Waals surface area (Å²) < 4.78 is 17.6. The SMILES string of the molecule is COc1cc(OC)c2c(c1)O[C@@]1(c3ccccc3)[C@H](c3ccccc3)CC(=O)[C@@]21O. The predicted molar refractivity (Wildman–Crippen MR) is 111 cm³/mol. The Balaban J connectivity index is 1.84. The number of hydrogen-bond donors (Lipinski definition) is 1. The standard InChI is InChI=1S/C25H22O5/c1-28-18-13-20(29-2)23-21(14-18)30-25(17-11-7-4-8-12-17)19(15-22(26)24(23,25)27)16-9-5-3-6-10-16/h3-14,19,27H,15H2,1-2H3/t19-,24+,25-/m0/s1. The lowest BCUT2D eigenvalue weighted by molar-refractivity contribution is -0.151. The molecule has 1 fully saturated rings. The fraction of sp³-hybridized carbons (Fsp3) is 0.240. The van der Waals surface area contributed by atoms with Crippen LogP contribution >= 0.6 is 0 Å². The first-order valence-electron chi connectivity index (χ1n) is 9.88. The van der Waals surface area contributed by atoms with Gasteiger partial charge >= 0.3 is 0 Å². The van der Waals surface area contributed by atoms with E-state index in [0.717, 1.165) is 11.1 Å². The summed E-state index contributed by atoms with van der Waals surface area (Å²) in [6, 6.07) is 22.6. The normalized spacial score (nSPS) is 26.6. The highest BCUT2D eigenvalue weighted by Crippen LogP contribution is 2.67. The maximum absolute atomic E-state index is 13.5. The van der Waals surface area contributed by atoms with Crippen molar-refractivity contribution in [1.82, 2.24) is 0 Å². The van der Waals surface area contributed by atoms with Crippen molar-refractivity contribution in [2.24, 2.45) is 0 Å². The number of carbonyl (C=O) groups excluding carboxylic acids is 1. The van der Waals surface area contributed by atoms with Gasteiger partial charge in [-0.15, -0.1) is 0 Å². The van der Waals surface area contributed by atoms with E-state index in [1.54, 1.807) is 19.2 Å². The molecule has 1 aliphatic carbocycles. The lowest BCUT2D eigenvalue weighted by Crippen LogP contribution is -2.50. The zero-order valence-corrected chi connectivity index (χ0v) is 16.8. The van der Waals surface area contributed by atoms with Crippen LogP contribution in [0.1, 0.15) is 29.0 Å². The summed E-state index contributed by atoms with van der Waals surface area (Å²) in [6.45, 7) is 0. The van der Waals surface area contributed by atoms with Crippen LogP contribution in [0.2, 0.25) is 0 Å². The highest BCUT2D eigenvalue weighted by molar-refractivity contribution is 5.97. The fourth-order valence-electron chi connectivity index (χ4n) is 5.05. The van der Waals surface area contributed by atoms with Crippen LogP contribution in [0.25, 0.3) is 0 Å². The summed E-state index contributed by atoms with van der Waals surface area (Å²) >= 11 is 0. The van der Waals surface area contributed by atoms with E-state index in [1.807, 2.05) is 60.7 Å². The molecule has 3 aromatic rings. The van der Waals surface area contributed by atoms with Gasteiger partial charge in [0.25, 0.3) is 0 Å². The minimum Gasteiger partial charge on any atom is -0.496 e. The predicted octanol–water partition coefficient (Wildman–Crippen LogP) is 3.94. The molecule has 5 nitrogen and oxygen atoms in total. The van der Waals surface area contributed by atoms with Gasteiger partial charge in [0.1, 0.15) is 17.2 Å². The van der Waals surface area contributed by atoms with Crippen LogP contribution in [0.5, 0.6) is 17.2 Å². The Hall–Kier alpha value is -3.31. The molecule has 0 radical (unpaired) electrons. The monoisotopic (exact) mass is 402 g/mol. The number of benzene rings is 3. The maximum atomic E-state index is 13.5. The van der Waals surface area contributed by atoms with Crippen LogP contribution in [0, 0.1) is 0 Å². The van der Waals surface area contributed by atoms with Gasteiger partial charge in [-0.2, -0.15) is 0 Å². The van der Waals surface area contributed by atoms with E-state index in [-0.39, 0.29) is 18.1 Å². The number of rotatable bonds is 4. The van der Waals surface area contributed by atoms with Crippen LogP contribution < -0.4 is 14.2 Å². The summed E-state index contributed by atoms with van der Waals surface area (Å²) in [5, 5.41) is 12.2. The fourth-order valence-corrected chi connectivity index (χ4v) is 5.05. The first kappa shape index (κ1) is 18.7. The van der Waals surface area contributed by atoms with Crippen LogP contribution in [0.4, 0.5) is 0 Å². The molecular weight excluding hydrogens is 380 g/mol. The quantitative estimate of drug-likeness (QED) is 0.716. The van der Waals surface area contributed by atoms with E-state index in [2.05, 4.69) is 0 Å². The average Bonchev–Trinajstić information content (AvgIpc) is 3.20. The number of ketones is 1. The molecule has 0 aromatic heterocycles. The van der Waals surface area contributed by atoms with Gasteiger partial charge in [-0.1, -0.05) is 60.7 Å². The lowest BCUT2D eigenvalue weighted by atomic mass is 9.71. The highest BCUT2D eigenvalue weighted by atomic mass is 16.5. The number of Topliss-reactive ketones (excluding diaryl/α,β-unsaturated/α-hetero) is 1. The Bertz CT molecular complexity index is 1110. The van der Waals surface area contributed by atoms with Gasteiger partial charge in [-0.3, -0.25) is 4.79 Å². The van der Waals surface area contributed by atoms with E-state index in [0.29, 0.717) is 22.8 Å². The molecule has 3 aromatic carbocycles. The van der Waals surface area contributed by atoms with Gasteiger partial charge in [-0.25, -0.2) is 0 Å². The number of ether oxygens (including phenoxy) is 3. The molecule has 0 amide bonds. The van der Waals surface area contributed by atoms with E-state index < -0.39 is 11.2 Å². The van der Waals surface area contributed by atoms with Crippen molar-refractivity contribution in [3.63, 3.8) is 0 Å². The van der Waals surface area contributed by atoms with E-state index in [9.17, 15) is 9.90 Å². The summed E-state index contributed by atoms with van der Waals surface area (Å²) in [5.41, 5.74) is -1.16. The number of methoxy groups -OCH3 is 2. The van der Waals surface area contributed by atoms with Crippen molar-refractivity contribution in [2.45, 2.75) is 23.5 Å². The minimum atomic E-state index is -1.89. The third-order valence-corrected chi connectivity index (χ3v) is 6.35. The molecule has 1 N–H and O–H groups in total.